The Hall–Kier alpha value is -2.82. The van der Waals surface area contributed by atoms with E-state index in [0.717, 1.165) is 24.2 Å². The standard InChI is InChI=1S/C20H24N2O3/c1-3-5-15-6-10-18(11-7-15)22-19(23)14-21-17-12-8-16(9-13-17)20(24)25-4-2/h6-13,21H,3-5,14H2,1-2H3,(H,22,23). The summed E-state index contributed by atoms with van der Waals surface area (Å²) in [6, 6.07) is 14.7. The molecule has 0 heterocycles. The number of benzene rings is 2. The van der Waals surface area contributed by atoms with Crippen LogP contribution in [0.2, 0.25) is 0 Å². The molecule has 0 aromatic heterocycles. The van der Waals surface area contributed by atoms with Crippen LogP contribution in [0.5, 0.6) is 0 Å². The molecular formula is C20H24N2O3. The predicted molar refractivity (Wildman–Crippen MR) is 100.0 cm³/mol. The van der Waals surface area contributed by atoms with Gasteiger partial charge in [0.2, 0.25) is 5.91 Å². The number of carbonyl (C=O) groups excluding carboxylic acids is 2. The quantitative estimate of drug-likeness (QED) is 0.716. The first-order valence-corrected chi connectivity index (χ1v) is 8.52. The molecular weight excluding hydrogens is 316 g/mol. The Morgan fingerprint density at radius 2 is 1.56 bits per heavy atom. The summed E-state index contributed by atoms with van der Waals surface area (Å²) in [6.07, 6.45) is 2.14. The van der Waals surface area contributed by atoms with Crippen LogP contribution in [0.15, 0.2) is 48.5 Å². The summed E-state index contributed by atoms with van der Waals surface area (Å²) in [5, 5.41) is 5.88. The minimum atomic E-state index is -0.349. The van der Waals surface area contributed by atoms with E-state index in [1.807, 2.05) is 24.3 Å². The minimum absolute atomic E-state index is 0.127. The molecule has 0 spiro atoms. The molecule has 0 atom stereocenters. The number of anilines is 2. The van der Waals surface area contributed by atoms with Gasteiger partial charge >= 0.3 is 5.97 Å². The Bertz CT molecular complexity index is 694. The summed E-state index contributed by atoms with van der Waals surface area (Å²) in [4.78, 5) is 23.6. The van der Waals surface area contributed by atoms with E-state index >= 15 is 0 Å². The third-order valence-electron chi connectivity index (χ3n) is 3.63. The molecule has 25 heavy (non-hydrogen) atoms. The van der Waals surface area contributed by atoms with E-state index in [0.29, 0.717) is 12.2 Å². The van der Waals surface area contributed by atoms with Crippen molar-refractivity contribution in [3.63, 3.8) is 0 Å². The Balaban J connectivity index is 1.82. The van der Waals surface area contributed by atoms with E-state index in [-0.39, 0.29) is 18.4 Å². The fraction of sp³-hybridized carbons (Fsp3) is 0.300. The molecule has 1 amide bonds. The SMILES string of the molecule is CCCc1ccc(NC(=O)CNc2ccc(C(=O)OCC)cc2)cc1. The maximum absolute atomic E-state index is 12.0. The maximum atomic E-state index is 12.0. The van der Waals surface area contributed by atoms with Crippen molar-refractivity contribution in [2.24, 2.45) is 0 Å². The average molecular weight is 340 g/mol. The fourth-order valence-corrected chi connectivity index (χ4v) is 2.37. The van der Waals surface area contributed by atoms with Crippen LogP contribution in [-0.4, -0.2) is 25.0 Å². The second-order valence-electron chi connectivity index (χ2n) is 5.65. The van der Waals surface area contributed by atoms with Crippen molar-refractivity contribution in [3.05, 3.63) is 59.7 Å². The number of rotatable bonds is 8. The lowest BCUT2D eigenvalue weighted by molar-refractivity contribution is -0.114. The van der Waals surface area contributed by atoms with Crippen LogP contribution >= 0.6 is 0 Å². The van der Waals surface area contributed by atoms with Gasteiger partial charge in [-0.05, 0) is 55.3 Å². The Morgan fingerprint density at radius 3 is 2.16 bits per heavy atom. The highest BCUT2D eigenvalue weighted by Crippen LogP contribution is 2.12. The van der Waals surface area contributed by atoms with E-state index in [1.54, 1.807) is 31.2 Å². The summed E-state index contributed by atoms with van der Waals surface area (Å²) in [7, 11) is 0. The van der Waals surface area contributed by atoms with Crippen molar-refractivity contribution in [3.8, 4) is 0 Å². The van der Waals surface area contributed by atoms with Gasteiger partial charge in [0, 0.05) is 11.4 Å². The van der Waals surface area contributed by atoms with Gasteiger partial charge in [-0.15, -0.1) is 0 Å². The third kappa shape index (κ3) is 5.95. The molecule has 5 nitrogen and oxygen atoms in total. The molecule has 0 saturated heterocycles. The van der Waals surface area contributed by atoms with Gasteiger partial charge in [0.15, 0.2) is 0 Å². The highest BCUT2D eigenvalue weighted by molar-refractivity contribution is 5.94. The van der Waals surface area contributed by atoms with Crippen LogP contribution in [0.25, 0.3) is 0 Å². The van der Waals surface area contributed by atoms with E-state index in [4.69, 9.17) is 4.74 Å². The zero-order valence-electron chi connectivity index (χ0n) is 14.7. The van der Waals surface area contributed by atoms with Crippen molar-refractivity contribution in [1.82, 2.24) is 0 Å². The number of aryl methyl sites for hydroxylation is 1. The summed E-state index contributed by atoms with van der Waals surface area (Å²) in [6.45, 7) is 4.40. The monoisotopic (exact) mass is 340 g/mol. The smallest absolute Gasteiger partial charge is 0.338 e. The summed E-state index contributed by atoms with van der Waals surface area (Å²) in [5.74, 6) is -0.476. The summed E-state index contributed by atoms with van der Waals surface area (Å²) in [5.41, 5.74) is 3.30. The van der Waals surface area contributed by atoms with Gasteiger partial charge in [-0.25, -0.2) is 4.79 Å². The van der Waals surface area contributed by atoms with Crippen LogP contribution in [0, 0.1) is 0 Å². The molecule has 2 rings (SSSR count). The van der Waals surface area contributed by atoms with Crippen molar-refractivity contribution < 1.29 is 14.3 Å². The normalized spacial score (nSPS) is 10.2. The zero-order valence-corrected chi connectivity index (χ0v) is 14.7. The molecule has 0 fully saturated rings. The molecule has 0 radical (unpaired) electrons. The van der Waals surface area contributed by atoms with Gasteiger partial charge < -0.3 is 15.4 Å². The Labute approximate surface area is 148 Å². The molecule has 2 N–H and O–H groups in total. The molecule has 0 aliphatic rings. The molecule has 0 bridgehead atoms. The number of carbonyl (C=O) groups is 2. The molecule has 0 unspecified atom stereocenters. The third-order valence-corrected chi connectivity index (χ3v) is 3.63. The average Bonchev–Trinajstić information content (AvgIpc) is 2.62. The second-order valence-corrected chi connectivity index (χ2v) is 5.65. The van der Waals surface area contributed by atoms with Crippen molar-refractivity contribution in [1.29, 1.82) is 0 Å². The topological polar surface area (TPSA) is 67.4 Å². The molecule has 5 heteroatoms. The van der Waals surface area contributed by atoms with Gasteiger partial charge in [-0.3, -0.25) is 4.79 Å². The number of hydrogen-bond donors (Lipinski definition) is 2. The van der Waals surface area contributed by atoms with Gasteiger partial charge in [-0.2, -0.15) is 0 Å². The first-order chi connectivity index (χ1) is 12.1. The Kier molecular flexibility index (Phi) is 7.01. The van der Waals surface area contributed by atoms with E-state index < -0.39 is 0 Å². The number of amides is 1. The largest absolute Gasteiger partial charge is 0.462 e. The van der Waals surface area contributed by atoms with Gasteiger partial charge in [-0.1, -0.05) is 25.5 Å². The molecule has 0 saturated carbocycles. The zero-order chi connectivity index (χ0) is 18.1. The molecule has 132 valence electrons. The van der Waals surface area contributed by atoms with Crippen LogP contribution in [0.1, 0.15) is 36.2 Å². The van der Waals surface area contributed by atoms with E-state index in [2.05, 4.69) is 17.6 Å². The number of nitrogens with one attached hydrogen (secondary N) is 2. The minimum Gasteiger partial charge on any atom is -0.462 e. The van der Waals surface area contributed by atoms with Crippen molar-refractivity contribution in [2.45, 2.75) is 26.7 Å². The van der Waals surface area contributed by atoms with Crippen LogP contribution in [0.4, 0.5) is 11.4 Å². The number of ether oxygens (including phenoxy) is 1. The van der Waals surface area contributed by atoms with Crippen molar-refractivity contribution in [2.75, 3.05) is 23.8 Å². The summed E-state index contributed by atoms with van der Waals surface area (Å²) >= 11 is 0. The first kappa shape index (κ1) is 18.5. The van der Waals surface area contributed by atoms with Gasteiger partial charge in [0.05, 0.1) is 18.7 Å². The molecule has 2 aromatic rings. The summed E-state index contributed by atoms with van der Waals surface area (Å²) < 4.78 is 4.93. The van der Waals surface area contributed by atoms with E-state index in [1.165, 1.54) is 5.56 Å². The lowest BCUT2D eigenvalue weighted by Crippen LogP contribution is -2.21. The first-order valence-electron chi connectivity index (χ1n) is 8.52. The predicted octanol–water partition coefficient (Wildman–Crippen LogP) is 3.87. The lowest BCUT2D eigenvalue weighted by Gasteiger charge is -2.09. The highest BCUT2D eigenvalue weighted by Gasteiger charge is 2.06. The fourth-order valence-electron chi connectivity index (χ4n) is 2.37. The lowest BCUT2D eigenvalue weighted by atomic mass is 10.1. The Morgan fingerprint density at radius 1 is 0.920 bits per heavy atom. The maximum Gasteiger partial charge on any atom is 0.338 e. The van der Waals surface area contributed by atoms with Crippen molar-refractivity contribution >= 4 is 23.3 Å². The molecule has 0 aliphatic heterocycles. The molecule has 0 aliphatic carbocycles. The second kappa shape index (κ2) is 9.47. The van der Waals surface area contributed by atoms with Crippen LogP contribution in [-0.2, 0) is 16.0 Å². The number of hydrogen-bond acceptors (Lipinski definition) is 4. The number of esters is 1. The van der Waals surface area contributed by atoms with Crippen LogP contribution < -0.4 is 10.6 Å². The van der Waals surface area contributed by atoms with Gasteiger partial charge in [0.1, 0.15) is 0 Å². The van der Waals surface area contributed by atoms with E-state index in [9.17, 15) is 9.59 Å². The van der Waals surface area contributed by atoms with Gasteiger partial charge in [0.25, 0.3) is 0 Å². The highest BCUT2D eigenvalue weighted by atomic mass is 16.5. The molecule has 2 aromatic carbocycles. The van der Waals surface area contributed by atoms with Crippen LogP contribution in [0.3, 0.4) is 0 Å².